The number of rotatable bonds is 11. The molecule has 0 radical (unpaired) electrons. The van der Waals surface area contributed by atoms with Crippen molar-refractivity contribution in [2.45, 2.75) is 0 Å². The molecule has 0 spiro atoms. The first-order chi connectivity index (χ1) is 35.7. The molecule has 0 fully saturated rings. The van der Waals surface area contributed by atoms with E-state index in [-0.39, 0.29) is 0 Å². The summed E-state index contributed by atoms with van der Waals surface area (Å²) in [6.45, 7) is 0. The summed E-state index contributed by atoms with van der Waals surface area (Å²) in [6.07, 6.45) is 0. The third-order valence-electron chi connectivity index (χ3n) is 13.3. The van der Waals surface area contributed by atoms with Gasteiger partial charge in [-0.2, -0.15) is 0 Å². The van der Waals surface area contributed by atoms with Crippen LogP contribution >= 0.6 is 0 Å². The first-order valence-electron chi connectivity index (χ1n) is 24.4. The molecule has 11 aromatic carbocycles. The van der Waals surface area contributed by atoms with Crippen molar-refractivity contribution in [2.75, 3.05) is 0 Å². The van der Waals surface area contributed by atoms with Crippen molar-refractivity contribution in [2.24, 2.45) is 0 Å². The zero-order chi connectivity index (χ0) is 48.1. The highest BCUT2D eigenvalue weighted by atomic mass is 15.0. The third kappa shape index (κ3) is 8.95. The van der Waals surface area contributed by atoms with E-state index in [1.54, 1.807) is 0 Å². The van der Waals surface area contributed by atoms with E-state index in [0.717, 1.165) is 55.6 Å². The number of aromatic nitrogens is 3. The monoisotopic (exact) mass is 917 g/mol. The molecule has 0 aliphatic rings. The van der Waals surface area contributed by atoms with Crippen molar-refractivity contribution in [3.8, 4) is 123 Å². The number of hydrogen-bond donors (Lipinski definition) is 0. The van der Waals surface area contributed by atoms with Crippen LogP contribution in [-0.2, 0) is 0 Å². The zero-order valence-corrected chi connectivity index (χ0v) is 39.5. The summed E-state index contributed by atoms with van der Waals surface area (Å²) < 4.78 is 0. The van der Waals surface area contributed by atoms with Gasteiger partial charge in [0, 0.05) is 16.7 Å². The van der Waals surface area contributed by atoms with Crippen molar-refractivity contribution < 1.29 is 0 Å². The molecule has 0 aliphatic carbocycles. The van der Waals surface area contributed by atoms with Gasteiger partial charge in [-0.05, 0) is 113 Å². The molecule has 0 N–H and O–H groups in total. The molecule has 3 nitrogen and oxygen atoms in total. The molecule has 338 valence electrons. The topological polar surface area (TPSA) is 38.7 Å². The molecule has 0 unspecified atom stereocenters. The summed E-state index contributed by atoms with van der Waals surface area (Å²) in [4.78, 5) is 15.2. The van der Waals surface area contributed by atoms with Crippen LogP contribution < -0.4 is 0 Å². The maximum absolute atomic E-state index is 5.12. The van der Waals surface area contributed by atoms with Crippen molar-refractivity contribution in [3.63, 3.8) is 0 Å². The molecule has 72 heavy (non-hydrogen) atoms. The summed E-state index contributed by atoms with van der Waals surface area (Å²) in [5.41, 5.74) is 21.3. The highest BCUT2D eigenvalue weighted by Crippen LogP contribution is 2.50. The van der Waals surface area contributed by atoms with Crippen molar-refractivity contribution in [1.82, 2.24) is 15.0 Å². The fraction of sp³-hybridized carbons (Fsp3) is 0. The average Bonchev–Trinajstić information content (AvgIpc) is 3.48. The predicted octanol–water partition coefficient (Wildman–Crippen LogP) is 18.2. The van der Waals surface area contributed by atoms with Crippen LogP contribution in [-0.4, -0.2) is 15.0 Å². The van der Waals surface area contributed by atoms with Crippen LogP contribution in [0.5, 0.6) is 0 Å². The summed E-state index contributed by atoms with van der Waals surface area (Å²) in [5.74, 6) is 1.88. The lowest BCUT2D eigenvalue weighted by Crippen LogP contribution is -2.00. The third-order valence-corrected chi connectivity index (χ3v) is 13.3. The molecule has 0 aliphatic heterocycles. The maximum Gasteiger partial charge on any atom is 0.164 e. The molecule has 0 amide bonds. The van der Waals surface area contributed by atoms with Crippen LogP contribution in [0.15, 0.2) is 285 Å². The second kappa shape index (κ2) is 19.8. The zero-order valence-electron chi connectivity index (χ0n) is 39.5. The Morgan fingerprint density at radius 2 is 0.417 bits per heavy atom. The second-order valence-electron chi connectivity index (χ2n) is 17.9. The van der Waals surface area contributed by atoms with Gasteiger partial charge in [-0.3, -0.25) is 0 Å². The molecular formula is C69H47N3. The van der Waals surface area contributed by atoms with Crippen LogP contribution in [0.25, 0.3) is 123 Å². The van der Waals surface area contributed by atoms with Crippen LogP contribution in [0.1, 0.15) is 0 Å². The first kappa shape index (κ1) is 43.7. The molecule has 1 aromatic heterocycles. The normalized spacial score (nSPS) is 11.1. The van der Waals surface area contributed by atoms with E-state index in [2.05, 4.69) is 249 Å². The second-order valence-corrected chi connectivity index (χ2v) is 17.9. The minimum Gasteiger partial charge on any atom is -0.208 e. The van der Waals surface area contributed by atoms with Gasteiger partial charge in [0.15, 0.2) is 17.5 Å². The smallest absolute Gasteiger partial charge is 0.164 e. The predicted molar refractivity (Wildman–Crippen MR) is 300 cm³/mol. The molecule has 12 rings (SSSR count). The minimum atomic E-state index is 0.619. The summed E-state index contributed by atoms with van der Waals surface area (Å²) in [5, 5.41) is 0. The lowest BCUT2D eigenvalue weighted by atomic mass is 9.78. The maximum atomic E-state index is 5.12. The van der Waals surface area contributed by atoms with E-state index in [9.17, 15) is 0 Å². The molecule has 0 bridgehead atoms. The number of nitrogens with zero attached hydrogens (tertiary/aromatic N) is 3. The lowest BCUT2D eigenvalue weighted by molar-refractivity contribution is 1.07. The van der Waals surface area contributed by atoms with Gasteiger partial charge in [0.05, 0.1) is 0 Å². The van der Waals surface area contributed by atoms with Crippen molar-refractivity contribution in [3.05, 3.63) is 285 Å². The van der Waals surface area contributed by atoms with Gasteiger partial charge in [-0.25, -0.2) is 15.0 Å². The van der Waals surface area contributed by atoms with E-state index in [4.69, 9.17) is 15.0 Å². The molecular weight excluding hydrogens is 871 g/mol. The molecule has 3 heteroatoms. The van der Waals surface area contributed by atoms with Crippen molar-refractivity contribution in [1.29, 1.82) is 0 Å². The Morgan fingerprint density at radius 1 is 0.153 bits per heavy atom. The Labute approximate surface area is 421 Å². The van der Waals surface area contributed by atoms with E-state index >= 15 is 0 Å². The fourth-order valence-electron chi connectivity index (χ4n) is 9.83. The SMILES string of the molecule is c1ccc(-c2ccc(-c3nc(-c4ccccc4)nc(-c4cccc(-c5cccc(-c6cccc(-c7cc(-c8ccccc8)c(-c8ccccc8)c(-c8ccccc8)c7-c7ccccc7)c6)c5)c4)n3)cc2)cc1. The van der Waals surface area contributed by atoms with Crippen LogP contribution in [0.4, 0.5) is 0 Å². The molecule has 0 atom stereocenters. The quantitative estimate of drug-likeness (QED) is 0.130. The molecule has 12 aromatic rings. The standard InChI is InChI=1S/C69H47N3/c1-7-22-48(23-8-1)49-40-42-55(43-41-49)68-70-67(54-32-17-6-18-33-54)71-69(72-68)61-39-21-37-59(46-61)57-35-19-34-56(44-57)58-36-20-38-60(45-58)63-47-62(50-24-9-2-10-25-50)64(51-26-11-3-12-27-51)66(53-30-15-5-16-31-53)65(63)52-28-13-4-14-29-52/h1-47H. The fourth-order valence-corrected chi connectivity index (χ4v) is 9.83. The van der Waals surface area contributed by atoms with Crippen LogP contribution in [0, 0.1) is 0 Å². The minimum absolute atomic E-state index is 0.619. The lowest BCUT2D eigenvalue weighted by Gasteiger charge is -2.24. The Hall–Kier alpha value is -9.57. The summed E-state index contributed by atoms with van der Waals surface area (Å²) >= 11 is 0. The van der Waals surface area contributed by atoms with E-state index in [1.165, 1.54) is 50.1 Å². The number of benzene rings is 11. The van der Waals surface area contributed by atoms with E-state index in [1.807, 2.05) is 36.4 Å². The Bertz CT molecular complexity index is 3800. The van der Waals surface area contributed by atoms with Crippen molar-refractivity contribution >= 4 is 0 Å². The van der Waals surface area contributed by atoms with Gasteiger partial charge in [0.25, 0.3) is 0 Å². The molecule has 0 saturated heterocycles. The Morgan fingerprint density at radius 3 is 0.875 bits per heavy atom. The first-order valence-corrected chi connectivity index (χ1v) is 24.4. The van der Waals surface area contributed by atoms with Gasteiger partial charge in [-0.1, -0.05) is 261 Å². The highest BCUT2D eigenvalue weighted by molar-refractivity contribution is 6.07. The average molecular weight is 918 g/mol. The molecule has 0 saturated carbocycles. The van der Waals surface area contributed by atoms with Crippen LogP contribution in [0.2, 0.25) is 0 Å². The Balaban J connectivity index is 0.963. The highest BCUT2D eigenvalue weighted by Gasteiger charge is 2.24. The van der Waals surface area contributed by atoms with Gasteiger partial charge in [0.2, 0.25) is 0 Å². The molecule has 1 heterocycles. The van der Waals surface area contributed by atoms with Crippen LogP contribution in [0.3, 0.4) is 0 Å². The van der Waals surface area contributed by atoms with Gasteiger partial charge >= 0.3 is 0 Å². The Kier molecular flexibility index (Phi) is 12.0. The van der Waals surface area contributed by atoms with Gasteiger partial charge in [0.1, 0.15) is 0 Å². The van der Waals surface area contributed by atoms with Gasteiger partial charge < -0.3 is 0 Å². The van der Waals surface area contributed by atoms with E-state index in [0.29, 0.717) is 17.5 Å². The summed E-state index contributed by atoms with van der Waals surface area (Å²) in [6, 6.07) is 101. The van der Waals surface area contributed by atoms with Gasteiger partial charge in [-0.15, -0.1) is 0 Å². The number of hydrogen-bond acceptors (Lipinski definition) is 3. The van der Waals surface area contributed by atoms with E-state index < -0.39 is 0 Å². The summed E-state index contributed by atoms with van der Waals surface area (Å²) in [7, 11) is 0. The largest absolute Gasteiger partial charge is 0.208 e.